The van der Waals surface area contributed by atoms with Crippen molar-refractivity contribution in [3.63, 3.8) is 0 Å². The molecular formula is C11H16N2O. The lowest BCUT2D eigenvalue weighted by Gasteiger charge is -2.18. The molecule has 1 fully saturated rings. The third-order valence-electron chi connectivity index (χ3n) is 2.66. The average Bonchev–Trinajstić information content (AvgIpc) is 2.65. The summed E-state index contributed by atoms with van der Waals surface area (Å²) >= 11 is 0. The van der Waals surface area contributed by atoms with Gasteiger partial charge in [0.2, 0.25) is 0 Å². The smallest absolute Gasteiger partial charge is 0.119 e. The van der Waals surface area contributed by atoms with Crippen molar-refractivity contribution >= 4 is 5.69 Å². The van der Waals surface area contributed by atoms with Gasteiger partial charge in [0.05, 0.1) is 7.11 Å². The number of hydrogen-bond donors (Lipinski definition) is 1. The summed E-state index contributed by atoms with van der Waals surface area (Å²) in [7, 11) is 1.68. The highest BCUT2D eigenvalue weighted by molar-refractivity contribution is 5.50. The van der Waals surface area contributed by atoms with Gasteiger partial charge in [-0.15, -0.1) is 0 Å². The van der Waals surface area contributed by atoms with Gasteiger partial charge in [-0.1, -0.05) is 0 Å². The van der Waals surface area contributed by atoms with E-state index in [2.05, 4.69) is 17.0 Å². The van der Waals surface area contributed by atoms with Crippen LogP contribution in [0.1, 0.15) is 6.42 Å². The topological polar surface area (TPSA) is 38.5 Å². The molecule has 76 valence electrons. The zero-order valence-electron chi connectivity index (χ0n) is 8.44. The van der Waals surface area contributed by atoms with Crippen LogP contribution < -0.4 is 15.4 Å². The first-order valence-corrected chi connectivity index (χ1v) is 4.94. The van der Waals surface area contributed by atoms with Crippen LogP contribution in [0.25, 0.3) is 0 Å². The minimum absolute atomic E-state index is 0.331. The van der Waals surface area contributed by atoms with Gasteiger partial charge >= 0.3 is 0 Å². The highest BCUT2D eigenvalue weighted by atomic mass is 16.5. The van der Waals surface area contributed by atoms with E-state index >= 15 is 0 Å². The maximum absolute atomic E-state index is 5.85. The van der Waals surface area contributed by atoms with E-state index in [0.29, 0.717) is 6.04 Å². The molecule has 0 bridgehead atoms. The number of rotatable bonds is 2. The van der Waals surface area contributed by atoms with Gasteiger partial charge in [-0.2, -0.15) is 0 Å². The fraction of sp³-hybridized carbons (Fsp3) is 0.455. The van der Waals surface area contributed by atoms with Crippen LogP contribution >= 0.6 is 0 Å². The van der Waals surface area contributed by atoms with Crippen molar-refractivity contribution in [1.29, 1.82) is 0 Å². The van der Waals surface area contributed by atoms with Gasteiger partial charge < -0.3 is 15.4 Å². The molecule has 3 nitrogen and oxygen atoms in total. The van der Waals surface area contributed by atoms with Gasteiger partial charge in [-0.25, -0.2) is 0 Å². The van der Waals surface area contributed by atoms with Crippen molar-refractivity contribution in [2.45, 2.75) is 12.5 Å². The first-order valence-electron chi connectivity index (χ1n) is 4.94. The molecule has 0 radical (unpaired) electrons. The van der Waals surface area contributed by atoms with E-state index in [4.69, 9.17) is 10.5 Å². The van der Waals surface area contributed by atoms with E-state index in [1.165, 1.54) is 5.69 Å². The first-order chi connectivity index (χ1) is 6.79. The molecule has 2 N–H and O–H groups in total. The second-order valence-electron chi connectivity index (χ2n) is 3.69. The number of benzene rings is 1. The van der Waals surface area contributed by atoms with Crippen molar-refractivity contribution in [3.8, 4) is 5.75 Å². The van der Waals surface area contributed by atoms with Crippen LogP contribution in [0.4, 0.5) is 5.69 Å². The molecule has 1 heterocycles. The summed E-state index contributed by atoms with van der Waals surface area (Å²) in [6.07, 6.45) is 1.09. The first kappa shape index (κ1) is 9.34. The minimum atomic E-state index is 0.331. The predicted molar refractivity (Wildman–Crippen MR) is 57.8 cm³/mol. The molecule has 0 saturated carbocycles. The molecule has 0 unspecified atom stereocenters. The Morgan fingerprint density at radius 3 is 2.57 bits per heavy atom. The van der Waals surface area contributed by atoms with Crippen LogP contribution in [0.2, 0.25) is 0 Å². The van der Waals surface area contributed by atoms with Gasteiger partial charge in [0.15, 0.2) is 0 Å². The Kier molecular flexibility index (Phi) is 2.59. The maximum Gasteiger partial charge on any atom is 0.119 e. The molecule has 2 rings (SSSR count). The van der Waals surface area contributed by atoms with Gasteiger partial charge in [-0.05, 0) is 30.7 Å². The number of ether oxygens (including phenoxy) is 1. The van der Waals surface area contributed by atoms with Crippen LogP contribution in [0.5, 0.6) is 5.75 Å². The second-order valence-corrected chi connectivity index (χ2v) is 3.69. The highest BCUT2D eigenvalue weighted by Gasteiger charge is 2.18. The molecule has 0 aromatic heterocycles. The molecule has 14 heavy (non-hydrogen) atoms. The summed E-state index contributed by atoms with van der Waals surface area (Å²) in [5, 5.41) is 0. The molecule has 1 atom stereocenters. The zero-order valence-corrected chi connectivity index (χ0v) is 8.44. The Hall–Kier alpha value is -1.22. The summed E-state index contributed by atoms with van der Waals surface area (Å²) in [6.45, 7) is 2.03. The van der Waals surface area contributed by atoms with Crippen molar-refractivity contribution in [1.82, 2.24) is 0 Å². The zero-order chi connectivity index (χ0) is 9.97. The van der Waals surface area contributed by atoms with Gasteiger partial charge in [0.1, 0.15) is 5.75 Å². The lowest BCUT2D eigenvalue weighted by atomic mass is 10.3. The Morgan fingerprint density at radius 2 is 2.07 bits per heavy atom. The number of nitrogens with two attached hydrogens (primary N) is 1. The van der Waals surface area contributed by atoms with Crippen LogP contribution in [0, 0.1) is 0 Å². The quantitative estimate of drug-likeness (QED) is 0.766. The van der Waals surface area contributed by atoms with Crippen LogP contribution in [-0.4, -0.2) is 26.2 Å². The van der Waals surface area contributed by atoms with Crippen molar-refractivity contribution in [2.75, 3.05) is 25.1 Å². The summed E-state index contributed by atoms with van der Waals surface area (Å²) in [6, 6.07) is 8.46. The minimum Gasteiger partial charge on any atom is -0.497 e. The molecule has 1 aliphatic rings. The lowest BCUT2D eigenvalue weighted by Crippen LogP contribution is -2.26. The van der Waals surface area contributed by atoms with E-state index in [-0.39, 0.29) is 0 Å². The monoisotopic (exact) mass is 192 g/mol. The Balaban J connectivity index is 2.09. The van der Waals surface area contributed by atoms with E-state index < -0.39 is 0 Å². The average molecular weight is 192 g/mol. The number of hydrogen-bond acceptors (Lipinski definition) is 3. The Morgan fingerprint density at radius 1 is 1.36 bits per heavy atom. The van der Waals surface area contributed by atoms with Crippen LogP contribution in [0.15, 0.2) is 24.3 Å². The Labute approximate surface area is 84.5 Å². The fourth-order valence-corrected chi connectivity index (χ4v) is 1.81. The van der Waals surface area contributed by atoms with E-state index in [0.717, 1.165) is 25.3 Å². The number of anilines is 1. The summed E-state index contributed by atoms with van der Waals surface area (Å²) in [5.74, 6) is 0.900. The van der Waals surface area contributed by atoms with Gasteiger partial charge in [0.25, 0.3) is 0 Å². The third kappa shape index (κ3) is 1.82. The normalized spacial score (nSPS) is 21.3. The molecule has 1 aromatic rings. The summed E-state index contributed by atoms with van der Waals surface area (Å²) in [4.78, 5) is 2.31. The highest BCUT2D eigenvalue weighted by Crippen LogP contribution is 2.22. The van der Waals surface area contributed by atoms with Crippen molar-refractivity contribution in [2.24, 2.45) is 5.73 Å². The van der Waals surface area contributed by atoms with Crippen molar-refractivity contribution < 1.29 is 4.74 Å². The van der Waals surface area contributed by atoms with Crippen molar-refractivity contribution in [3.05, 3.63) is 24.3 Å². The van der Waals surface area contributed by atoms with Crippen LogP contribution in [-0.2, 0) is 0 Å². The molecule has 0 amide bonds. The number of methoxy groups -OCH3 is 1. The standard InChI is InChI=1S/C11H16N2O/c1-14-11-4-2-10(3-5-11)13-7-6-9(12)8-13/h2-5,9H,6-8,12H2,1H3/t9-/m1/s1. The maximum atomic E-state index is 5.85. The van der Waals surface area contributed by atoms with Gasteiger partial charge in [0, 0.05) is 24.8 Å². The second kappa shape index (κ2) is 3.88. The molecule has 0 spiro atoms. The summed E-state index contributed by atoms with van der Waals surface area (Å²) < 4.78 is 5.11. The summed E-state index contributed by atoms with van der Waals surface area (Å²) in [5.41, 5.74) is 7.09. The molecule has 1 saturated heterocycles. The molecule has 1 aromatic carbocycles. The van der Waals surface area contributed by atoms with E-state index in [1.54, 1.807) is 7.11 Å². The Bertz CT molecular complexity index is 297. The molecule has 1 aliphatic heterocycles. The SMILES string of the molecule is COc1ccc(N2CC[C@@H](N)C2)cc1. The number of nitrogens with zero attached hydrogens (tertiary/aromatic N) is 1. The van der Waals surface area contributed by atoms with E-state index in [1.807, 2.05) is 12.1 Å². The molecule has 3 heteroatoms. The molecular weight excluding hydrogens is 176 g/mol. The lowest BCUT2D eigenvalue weighted by molar-refractivity contribution is 0.415. The fourth-order valence-electron chi connectivity index (χ4n) is 1.81. The third-order valence-corrected chi connectivity index (χ3v) is 2.66. The van der Waals surface area contributed by atoms with Gasteiger partial charge in [-0.3, -0.25) is 0 Å². The predicted octanol–water partition coefficient (Wildman–Crippen LogP) is 1.23. The largest absolute Gasteiger partial charge is 0.497 e. The molecule has 0 aliphatic carbocycles. The van der Waals surface area contributed by atoms with E-state index in [9.17, 15) is 0 Å². The van der Waals surface area contributed by atoms with Crippen LogP contribution in [0.3, 0.4) is 0 Å².